The predicted octanol–water partition coefficient (Wildman–Crippen LogP) is 2.78. The number of amides is 1. The third-order valence-corrected chi connectivity index (χ3v) is 5.04. The molecule has 0 spiro atoms. The molecular formula is C16H23N3O. The third kappa shape index (κ3) is 2.23. The summed E-state index contributed by atoms with van der Waals surface area (Å²) in [5.41, 5.74) is 10.5. The van der Waals surface area contributed by atoms with Crippen LogP contribution in [0.5, 0.6) is 0 Å². The smallest absolute Gasteiger partial charge is 0.228 e. The molecule has 108 valence electrons. The molecule has 0 saturated carbocycles. The molecule has 2 aliphatic heterocycles. The molecule has 3 N–H and O–H groups in total. The lowest BCUT2D eigenvalue weighted by Crippen LogP contribution is -2.38. The predicted molar refractivity (Wildman–Crippen MR) is 83.0 cm³/mol. The van der Waals surface area contributed by atoms with Gasteiger partial charge in [-0.1, -0.05) is 20.3 Å². The van der Waals surface area contributed by atoms with E-state index < -0.39 is 0 Å². The third-order valence-electron chi connectivity index (χ3n) is 5.04. The van der Waals surface area contributed by atoms with E-state index in [2.05, 4.69) is 24.1 Å². The highest BCUT2D eigenvalue weighted by molar-refractivity contribution is 6.00. The van der Waals surface area contributed by atoms with Crippen LogP contribution in [-0.2, 0) is 11.2 Å². The number of nitrogens with two attached hydrogens (primary N) is 1. The maximum atomic E-state index is 11.5. The van der Waals surface area contributed by atoms with Crippen molar-refractivity contribution in [2.24, 2.45) is 5.41 Å². The van der Waals surface area contributed by atoms with E-state index in [1.807, 2.05) is 12.1 Å². The van der Waals surface area contributed by atoms with Crippen molar-refractivity contribution in [1.82, 2.24) is 0 Å². The van der Waals surface area contributed by atoms with Crippen molar-refractivity contribution in [3.8, 4) is 0 Å². The number of anilines is 3. The maximum absolute atomic E-state index is 11.5. The normalized spacial score (nSPS) is 20.7. The first-order valence-corrected chi connectivity index (χ1v) is 7.48. The van der Waals surface area contributed by atoms with Gasteiger partial charge in [-0.2, -0.15) is 0 Å². The van der Waals surface area contributed by atoms with Gasteiger partial charge in [0.05, 0.1) is 17.8 Å². The Balaban J connectivity index is 1.82. The number of nitrogen functional groups attached to an aromatic ring is 1. The lowest BCUT2D eigenvalue weighted by Gasteiger charge is -2.40. The number of nitrogens with zero attached hydrogens (tertiary/aromatic N) is 1. The molecule has 0 atom stereocenters. The fourth-order valence-corrected chi connectivity index (χ4v) is 3.20. The summed E-state index contributed by atoms with van der Waals surface area (Å²) in [6, 6.07) is 4.00. The Morgan fingerprint density at radius 1 is 1.35 bits per heavy atom. The molecule has 1 aromatic carbocycles. The number of rotatable bonds is 2. The van der Waals surface area contributed by atoms with Gasteiger partial charge in [-0.05, 0) is 36.0 Å². The van der Waals surface area contributed by atoms with Gasteiger partial charge in [0.15, 0.2) is 0 Å². The molecule has 0 bridgehead atoms. The minimum absolute atomic E-state index is 0.0637. The van der Waals surface area contributed by atoms with E-state index in [9.17, 15) is 4.79 Å². The van der Waals surface area contributed by atoms with Crippen molar-refractivity contribution in [3.63, 3.8) is 0 Å². The molecule has 0 radical (unpaired) electrons. The van der Waals surface area contributed by atoms with E-state index in [1.165, 1.54) is 19.3 Å². The highest BCUT2D eigenvalue weighted by atomic mass is 16.1. The summed E-state index contributed by atoms with van der Waals surface area (Å²) >= 11 is 0. The summed E-state index contributed by atoms with van der Waals surface area (Å²) in [6.07, 6.45) is 4.09. The first kappa shape index (κ1) is 13.3. The number of carbonyl (C=O) groups excluding carboxylic acids is 1. The molecule has 4 heteroatoms. The minimum Gasteiger partial charge on any atom is -0.397 e. The Morgan fingerprint density at radius 3 is 2.70 bits per heavy atom. The summed E-state index contributed by atoms with van der Waals surface area (Å²) in [6.45, 7) is 6.73. The minimum atomic E-state index is 0.0637. The van der Waals surface area contributed by atoms with Crippen LogP contribution in [0.4, 0.5) is 17.1 Å². The van der Waals surface area contributed by atoms with Crippen LogP contribution < -0.4 is 16.0 Å². The van der Waals surface area contributed by atoms with Gasteiger partial charge in [0.25, 0.3) is 0 Å². The van der Waals surface area contributed by atoms with Gasteiger partial charge in [0.2, 0.25) is 5.91 Å². The van der Waals surface area contributed by atoms with Crippen molar-refractivity contribution < 1.29 is 4.79 Å². The van der Waals surface area contributed by atoms with Crippen molar-refractivity contribution >= 4 is 23.0 Å². The van der Waals surface area contributed by atoms with Crippen LogP contribution in [0, 0.1) is 5.41 Å². The lowest BCUT2D eigenvalue weighted by atomic mass is 9.78. The Hall–Kier alpha value is -1.71. The zero-order chi connectivity index (χ0) is 14.3. The SMILES string of the molecule is CCC1(C)CCN(c2cc3c(cc2N)CC(=O)N3)CC1. The van der Waals surface area contributed by atoms with Crippen LogP contribution in [-0.4, -0.2) is 19.0 Å². The molecule has 1 fully saturated rings. The van der Waals surface area contributed by atoms with E-state index in [-0.39, 0.29) is 5.91 Å². The summed E-state index contributed by atoms with van der Waals surface area (Å²) in [5.74, 6) is 0.0637. The van der Waals surface area contributed by atoms with Crippen molar-refractivity contribution in [3.05, 3.63) is 17.7 Å². The monoisotopic (exact) mass is 273 g/mol. The van der Waals surface area contributed by atoms with E-state index in [4.69, 9.17) is 5.73 Å². The number of carbonyl (C=O) groups is 1. The first-order valence-electron chi connectivity index (χ1n) is 7.48. The average Bonchev–Trinajstić information content (AvgIpc) is 2.78. The molecular weight excluding hydrogens is 250 g/mol. The number of nitrogens with one attached hydrogen (secondary N) is 1. The molecule has 1 aromatic rings. The van der Waals surface area contributed by atoms with Crippen LogP contribution in [0.3, 0.4) is 0 Å². The summed E-state index contributed by atoms with van der Waals surface area (Å²) in [4.78, 5) is 13.8. The second kappa shape index (κ2) is 4.69. The summed E-state index contributed by atoms with van der Waals surface area (Å²) in [7, 11) is 0. The van der Waals surface area contributed by atoms with E-state index >= 15 is 0 Å². The molecule has 4 nitrogen and oxygen atoms in total. The van der Waals surface area contributed by atoms with Gasteiger partial charge in [-0.25, -0.2) is 0 Å². The summed E-state index contributed by atoms with van der Waals surface area (Å²) < 4.78 is 0. The van der Waals surface area contributed by atoms with Crippen LogP contribution in [0.25, 0.3) is 0 Å². The van der Waals surface area contributed by atoms with Gasteiger partial charge in [-0.3, -0.25) is 4.79 Å². The van der Waals surface area contributed by atoms with Gasteiger partial charge in [0, 0.05) is 18.8 Å². The molecule has 2 aliphatic rings. The highest BCUT2D eigenvalue weighted by Crippen LogP contribution is 2.39. The second-order valence-corrected chi connectivity index (χ2v) is 6.44. The van der Waals surface area contributed by atoms with E-state index in [1.54, 1.807) is 0 Å². The van der Waals surface area contributed by atoms with Gasteiger partial charge >= 0.3 is 0 Å². The Bertz CT molecular complexity index is 545. The Labute approximate surface area is 120 Å². The summed E-state index contributed by atoms with van der Waals surface area (Å²) in [5, 5.41) is 2.91. The lowest BCUT2D eigenvalue weighted by molar-refractivity contribution is -0.115. The first-order chi connectivity index (χ1) is 9.50. The maximum Gasteiger partial charge on any atom is 0.228 e. The van der Waals surface area contributed by atoms with Crippen molar-refractivity contribution in [2.45, 2.75) is 39.5 Å². The number of benzene rings is 1. The quantitative estimate of drug-likeness (QED) is 0.815. The number of piperidine rings is 1. The zero-order valence-corrected chi connectivity index (χ0v) is 12.3. The van der Waals surface area contributed by atoms with Crippen molar-refractivity contribution in [1.29, 1.82) is 0 Å². The number of fused-ring (bicyclic) bond motifs is 1. The van der Waals surface area contributed by atoms with Crippen molar-refractivity contribution in [2.75, 3.05) is 29.0 Å². The molecule has 1 saturated heterocycles. The number of hydrogen-bond acceptors (Lipinski definition) is 3. The fourth-order valence-electron chi connectivity index (χ4n) is 3.20. The van der Waals surface area contributed by atoms with Crippen LogP contribution in [0.2, 0.25) is 0 Å². The molecule has 1 amide bonds. The zero-order valence-electron chi connectivity index (χ0n) is 12.3. The largest absolute Gasteiger partial charge is 0.397 e. The highest BCUT2D eigenvalue weighted by Gasteiger charge is 2.29. The fraction of sp³-hybridized carbons (Fsp3) is 0.562. The van der Waals surface area contributed by atoms with Gasteiger partial charge in [0.1, 0.15) is 0 Å². The molecule has 3 rings (SSSR count). The molecule has 0 aliphatic carbocycles. The van der Waals surface area contributed by atoms with Crippen LogP contribution >= 0.6 is 0 Å². The van der Waals surface area contributed by atoms with E-state index in [0.717, 1.165) is 35.7 Å². The van der Waals surface area contributed by atoms with Crippen LogP contribution in [0.1, 0.15) is 38.7 Å². The average molecular weight is 273 g/mol. The molecule has 20 heavy (non-hydrogen) atoms. The Morgan fingerprint density at radius 2 is 2.05 bits per heavy atom. The molecule has 0 unspecified atom stereocenters. The number of hydrogen-bond donors (Lipinski definition) is 2. The van der Waals surface area contributed by atoms with Crippen LogP contribution in [0.15, 0.2) is 12.1 Å². The van der Waals surface area contributed by atoms with Gasteiger partial charge in [-0.15, -0.1) is 0 Å². The molecule has 2 heterocycles. The molecule has 0 aromatic heterocycles. The van der Waals surface area contributed by atoms with E-state index in [0.29, 0.717) is 11.8 Å². The standard InChI is InChI=1S/C16H23N3O/c1-3-16(2)4-6-19(7-5-16)14-10-13-11(8-12(14)17)9-15(20)18-13/h8,10H,3-7,9,17H2,1-2H3,(H,18,20). The Kier molecular flexibility index (Phi) is 3.11. The topological polar surface area (TPSA) is 58.4 Å². The van der Waals surface area contributed by atoms with Gasteiger partial charge < -0.3 is 16.0 Å². The second-order valence-electron chi connectivity index (χ2n) is 6.44.